The average molecular weight is 265 g/mol. The molecular formula is C17H31NO. The Kier molecular flexibility index (Phi) is 5.05. The first-order valence-corrected chi connectivity index (χ1v) is 8.32. The highest BCUT2D eigenvalue weighted by atomic mass is 16.1. The van der Waals surface area contributed by atoms with Crippen LogP contribution >= 0.6 is 0 Å². The zero-order valence-corrected chi connectivity index (χ0v) is 13.1. The summed E-state index contributed by atoms with van der Waals surface area (Å²) in [5.41, 5.74) is -0.126. The molecule has 110 valence electrons. The van der Waals surface area contributed by atoms with Gasteiger partial charge in [0, 0.05) is 5.92 Å². The van der Waals surface area contributed by atoms with Crippen LogP contribution in [-0.4, -0.2) is 30.3 Å². The highest BCUT2D eigenvalue weighted by molar-refractivity contribution is 5.90. The molecule has 0 aliphatic heterocycles. The molecule has 0 amide bonds. The van der Waals surface area contributed by atoms with E-state index in [1.165, 1.54) is 38.5 Å². The van der Waals surface area contributed by atoms with Gasteiger partial charge >= 0.3 is 0 Å². The summed E-state index contributed by atoms with van der Waals surface area (Å²) in [6.45, 7) is 2.28. The van der Waals surface area contributed by atoms with Gasteiger partial charge < -0.3 is 0 Å². The molecule has 2 unspecified atom stereocenters. The van der Waals surface area contributed by atoms with Crippen LogP contribution in [-0.2, 0) is 4.79 Å². The van der Waals surface area contributed by atoms with Crippen molar-refractivity contribution in [3.63, 3.8) is 0 Å². The predicted octanol–water partition coefficient (Wildman–Crippen LogP) is 4.04. The van der Waals surface area contributed by atoms with Crippen LogP contribution in [0.5, 0.6) is 0 Å². The number of carbonyl (C=O) groups excluding carboxylic acids is 1. The van der Waals surface area contributed by atoms with Gasteiger partial charge in [0.2, 0.25) is 0 Å². The molecule has 2 aliphatic rings. The molecule has 2 nitrogen and oxygen atoms in total. The summed E-state index contributed by atoms with van der Waals surface area (Å²) < 4.78 is 0. The fraction of sp³-hybridized carbons (Fsp3) is 0.941. The molecule has 0 radical (unpaired) electrons. The van der Waals surface area contributed by atoms with E-state index in [1.54, 1.807) is 0 Å². The van der Waals surface area contributed by atoms with Crippen LogP contribution in [0.4, 0.5) is 0 Å². The minimum Gasteiger partial charge on any atom is -0.297 e. The first-order chi connectivity index (χ1) is 9.10. The van der Waals surface area contributed by atoms with Gasteiger partial charge in [-0.05, 0) is 45.7 Å². The zero-order valence-electron chi connectivity index (χ0n) is 13.1. The van der Waals surface area contributed by atoms with E-state index in [1.807, 2.05) is 0 Å². The average Bonchev–Trinajstić information content (AvgIpc) is 2.47. The van der Waals surface area contributed by atoms with Crippen molar-refractivity contribution in [1.29, 1.82) is 0 Å². The fourth-order valence-electron chi connectivity index (χ4n) is 4.33. The van der Waals surface area contributed by atoms with E-state index in [4.69, 9.17) is 0 Å². The summed E-state index contributed by atoms with van der Waals surface area (Å²) in [5, 5.41) is 0. The van der Waals surface area contributed by atoms with Crippen molar-refractivity contribution in [2.24, 2.45) is 11.8 Å². The molecule has 0 bridgehead atoms. The summed E-state index contributed by atoms with van der Waals surface area (Å²) in [4.78, 5) is 15.4. The predicted molar refractivity (Wildman–Crippen MR) is 80.2 cm³/mol. The lowest BCUT2D eigenvalue weighted by molar-refractivity contribution is -0.137. The third kappa shape index (κ3) is 3.04. The van der Waals surface area contributed by atoms with E-state index >= 15 is 0 Å². The van der Waals surface area contributed by atoms with Gasteiger partial charge in [-0.25, -0.2) is 0 Å². The summed E-state index contributed by atoms with van der Waals surface area (Å²) in [5.74, 6) is 1.72. The van der Waals surface area contributed by atoms with Crippen molar-refractivity contribution < 1.29 is 4.79 Å². The second kappa shape index (κ2) is 6.39. The number of carbonyl (C=O) groups is 1. The van der Waals surface area contributed by atoms with Crippen LogP contribution in [0, 0.1) is 11.8 Å². The summed E-state index contributed by atoms with van der Waals surface area (Å²) in [6.07, 6.45) is 12.1. The topological polar surface area (TPSA) is 20.3 Å². The number of hydrogen-bond donors (Lipinski definition) is 0. The Morgan fingerprint density at radius 2 is 1.79 bits per heavy atom. The molecule has 2 saturated carbocycles. The third-order valence-electron chi connectivity index (χ3n) is 5.73. The zero-order chi connectivity index (χ0) is 13.9. The normalized spacial score (nSPS) is 31.4. The van der Waals surface area contributed by atoms with E-state index in [2.05, 4.69) is 25.9 Å². The number of nitrogens with zero attached hydrogens (tertiary/aromatic N) is 1. The highest BCUT2D eigenvalue weighted by Gasteiger charge is 2.44. The molecule has 19 heavy (non-hydrogen) atoms. The Morgan fingerprint density at radius 1 is 1.11 bits per heavy atom. The monoisotopic (exact) mass is 265 g/mol. The molecule has 0 spiro atoms. The highest BCUT2D eigenvalue weighted by Crippen LogP contribution is 2.40. The molecule has 0 aromatic carbocycles. The third-order valence-corrected chi connectivity index (χ3v) is 5.73. The molecule has 2 fully saturated rings. The molecule has 0 heterocycles. The number of ketones is 1. The first kappa shape index (κ1) is 15.0. The smallest absolute Gasteiger partial charge is 0.156 e. The van der Waals surface area contributed by atoms with E-state index in [9.17, 15) is 4.79 Å². The van der Waals surface area contributed by atoms with Crippen LogP contribution in [0.15, 0.2) is 0 Å². The maximum Gasteiger partial charge on any atom is 0.156 e. The molecule has 0 aromatic heterocycles. The Morgan fingerprint density at radius 3 is 2.37 bits per heavy atom. The second-order valence-electron chi connectivity index (χ2n) is 6.99. The van der Waals surface area contributed by atoms with Gasteiger partial charge in [-0.2, -0.15) is 0 Å². The number of rotatable bonds is 4. The van der Waals surface area contributed by atoms with Crippen molar-refractivity contribution in [2.75, 3.05) is 14.1 Å². The van der Waals surface area contributed by atoms with Crippen molar-refractivity contribution in [1.82, 2.24) is 4.90 Å². The Balaban J connectivity index is 2.10. The molecule has 2 atom stereocenters. The van der Waals surface area contributed by atoms with E-state index < -0.39 is 0 Å². The van der Waals surface area contributed by atoms with Crippen molar-refractivity contribution in [2.45, 2.75) is 76.7 Å². The van der Waals surface area contributed by atoms with Crippen LogP contribution in [0.1, 0.15) is 71.1 Å². The number of Topliss-reactive ketones (excluding diaryl/α,β-unsaturated/α-hetero) is 1. The van der Waals surface area contributed by atoms with Crippen LogP contribution in [0.2, 0.25) is 0 Å². The largest absolute Gasteiger partial charge is 0.297 e. The lowest BCUT2D eigenvalue weighted by Crippen LogP contribution is -2.55. The molecular weight excluding hydrogens is 234 g/mol. The fourth-order valence-corrected chi connectivity index (χ4v) is 4.33. The van der Waals surface area contributed by atoms with Crippen molar-refractivity contribution in [3.05, 3.63) is 0 Å². The Bertz CT molecular complexity index is 304. The van der Waals surface area contributed by atoms with E-state index in [0.29, 0.717) is 11.7 Å². The van der Waals surface area contributed by atoms with E-state index in [0.717, 1.165) is 31.6 Å². The quantitative estimate of drug-likeness (QED) is 0.764. The lowest BCUT2D eigenvalue weighted by atomic mass is 9.68. The van der Waals surface area contributed by atoms with Gasteiger partial charge in [0.05, 0.1) is 5.54 Å². The summed E-state index contributed by atoms with van der Waals surface area (Å²) >= 11 is 0. The number of hydrogen-bond acceptors (Lipinski definition) is 2. The van der Waals surface area contributed by atoms with Gasteiger partial charge in [-0.3, -0.25) is 9.69 Å². The Labute approximate surface area is 118 Å². The molecule has 2 rings (SSSR count). The summed E-state index contributed by atoms with van der Waals surface area (Å²) in [6, 6.07) is 0. The van der Waals surface area contributed by atoms with Gasteiger partial charge in [0.1, 0.15) is 0 Å². The SMILES string of the molecule is CCC1CCCC(C(=O)C2(N(C)C)CCCCC2)C1. The molecule has 2 aliphatic carbocycles. The van der Waals surface area contributed by atoms with Crippen LogP contribution in [0.25, 0.3) is 0 Å². The van der Waals surface area contributed by atoms with Gasteiger partial charge in [0.25, 0.3) is 0 Å². The van der Waals surface area contributed by atoms with Gasteiger partial charge in [-0.1, -0.05) is 45.4 Å². The summed E-state index contributed by atoms with van der Waals surface area (Å²) in [7, 11) is 4.23. The van der Waals surface area contributed by atoms with Crippen molar-refractivity contribution >= 4 is 5.78 Å². The standard InChI is InChI=1S/C17H31NO/c1-4-14-9-8-10-15(13-14)16(19)17(18(2)3)11-6-5-7-12-17/h14-15H,4-13H2,1-3H3. The first-order valence-electron chi connectivity index (χ1n) is 8.32. The second-order valence-corrected chi connectivity index (χ2v) is 6.99. The molecule has 0 aromatic rings. The number of likely N-dealkylation sites (N-methyl/N-ethyl adjacent to an activating group) is 1. The Hall–Kier alpha value is -0.370. The minimum atomic E-state index is -0.126. The van der Waals surface area contributed by atoms with Crippen LogP contribution in [0.3, 0.4) is 0 Å². The van der Waals surface area contributed by atoms with E-state index in [-0.39, 0.29) is 5.54 Å². The van der Waals surface area contributed by atoms with Crippen LogP contribution < -0.4 is 0 Å². The van der Waals surface area contributed by atoms with Gasteiger partial charge in [-0.15, -0.1) is 0 Å². The van der Waals surface area contributed by atoms with Gasteiger partial charge in [0.15, 0.2) is 5.78 Å². The molecule has 0 saturated heterocycles. The maximum absolute atomic E-state index is 13.1. The maximum atomic E-state index is 13.1. The lowest BCUT2D eigenvalue weighted by Gasteiger charge is -2.44. The van der Waals surface area contributed by atoms with Crippen molar-refractivity contribution in [3.8, 4) is 0 Å². The molecule has 2 heteroatoms. The molecule has 0 N–H and O–H groups in total. The minimum absolute atomic E-state index is 0.126.